The molecule has 6 heteroatoms. The summed E-state index contributed by atoms with van der Waals surface area (Å²) < 4.78 is 4.80. The van der Waals surface area contributed by atoms with Crippen LogP contribution in [0.2, 0.25) is 0 Å². The van der Waals surface area contributed by atoms with Gasteiger partial charge in [0.1, 0.15) is 6.61 Å². The fraction of sp³-hybridized carbons (Fsp3) is 0.727. The number of ketones is 1. The zero-order chi connectivity index (χ0) is 13.6. The molecule has 0 radical (unpaired) electrons. The molecule has 1 amide bonds. The van der Waals surface area contributed by atoms with Crippen LogP contribution in [0.3, 0.4) is 0 Å². The Morgan fingerprint density at radius 1 is 1.24 bits per heavy atom. The quantitative estimate of drug-likeness (QED) is 0.668. The first-order valence-electron chi connectivity index (χ1n) is 5.40. The van der Waals surface area contributed by atoms with E-state index >= 15 is 0 Å². The van der Waals surface area contributed by atoms with Crippen LogP contribution >= 0.6 is 0 Å². The van der Waals surface area contributed by atoms with Crippen LogP contribution in [0.15, 0.2) is 0 Å². The third-order valence-corrected chi connectivity index (χ3v) is 2.23. The van der Waals surface area contributed by atoms with Gasteiger partial charge in [0.25, 0.3) is 0 Å². The molecule has 0 aliphatic heterocycles. The Morgan fingerprint density at radius 2 is 1.76 bits per heavy atom. The summed E-state index contributed by atoms with van der Waals surface area (Å²) in [7, 11) is 0. The molecule has 0 heterocycles. The van der Waals surface area contributed by atoms with Crippen molar-refractivity contribution in [3.05, 3.63) is 0 Å². The predicted molar refractivity (Wildman–Crippen MR) is 60.5 cm³/mol. The summed E-state index contributed by atoms with van der Waals surface area (Å²) in [4.78, 5) is 33.1. The largest absolute Gasteiger partial charge is 0.479 e. The number of hydrogen-bond donors (Lipinski definition) is 2. The predicted octanol–water partition coefficient (Wildman–Crippen LogP) is 0.206. The second-order valence-electron chi connectivity index (χ2n) is 4.19. The summed E-state index contributed by atoms with van der Waals surface area (Å²) in [5.74, 6) is -1.79. The lowest BCUT2D eigenvalue weighted by molar-refractivity contribution is -0.151. The van der Waals surface area contributed by atoms with Crippen LogP contribution in [0.4, 0.5) is 0 Å². The highest BCUT2D eigenvalue weighted by molar-refractivity contribution is 5.88. The molecule has 2 atom stereocenters. The van der Waals surface area contributed by atoms with E-state index in [9.17, 15) is 14.4 Å². The molecule has 0 bridgehead atoms. The van der Waals surface area contributed by atoms with Crippen molar-refractivity contribution in [3.8, 4) is 0 Å². The minimum Gasteiger partial charge on any atom is -0.479 e. The fourth-order valence-electron chi connectivity index (χ4n) is 1.22. The number of ether oxygens (including phenoxy) is 1. The number of carboxylic acid groups (broad SMARTS) is 1. The molecule has 2 N–H and O–H groups in total. The third-order valence-electron chi connectivity index (χ3n) is 2.23. The topological polar surface area (TPSA) is 92.7 Å². The van der Waals surface area contributed by atoms with Crippen LogP contribution in [0.1, 0.15) is 27.7 Å². The Morgan fingerprint density at radius 3 is 2.12 bits per heavy atom. The standard InChI is InChI=1S/C11H19NO5/c1-6(2)10(7(3)13)12-9(14)5-17-8(4)11(15)16/h6,8,10H,5H2,1-4H3,(H,12,14)(H,15,16)/t8-,10?/m0/s1. The summed E-state index contributed by atoms with van der Waals surface area (Å²) >= 11 is 0. The molecule has 0 rings (SSSR count). The maximum absolute atomic E-state index is 11.4. The van der Waals surface area contributed by atoms with Crippen molar-refractivity contribution < 1.29 is 24.2 Å². The number of hydrogen-bond acceptors (Lipinski definition) is 4. The van der Waals surface area contributed by atoms with Gasteiger partial charge in [-0.05, 0) is 19.8 Å². The Bertz CT molecular complexity index is 300. The van der Waals surface area contributed by atoms with Crippen molar-refractivity contribution in [2.75, 3.05) is 6.61 Å². The Hall–Kier alpha value is -1.43. The van der Waals surface area contributed by atoms with E-state index in [1.54, 1.807) is 0 Å². The number of carboxylic acids is 1. The molecular weight excluding hydrogens is 226 g/mol. The van der Waals surface area contributed by atoms with Gasteiger partial charge in [0.05, 0.1) is 6.04 Å². The lowest BCUT2D eigenvalue weighted by Crippen LogP contribution is -2.45. The Labute approximate surface area is 100 Å². The SMILES string of the molecule is CC(=O)C(NC(=O)CO[C@@H](C)C(=O)O)C(C)C. The van der Waals surface area contributed by atoms with Gasteiger partial charge in [0, 0.05) is 0 Å². The van der Waals surface area contributed by atoms with E-state index in [2.05, 4.69) is 5.32 Å². The van der Waals surface area contributed by atoms with Crippen molar-refractivity contribution >= 4 is 17.7 Å². The highest BCUT2D eigenvalue weighted by atomic mass is 16.5. The van der Waals surface area contributed by atoms with Gasteiger partial charge in [-0.3, -0.25) is 9.59 Å². The summed E-state index contributed by atoms with van der Waals surface area (Å²) in [5.41, 5.74) is 0. The molecular formula is C11H19NO5. The highest BCUT2D eigenvalue weighted by Crippen LogP contribution is 2.02. The van der Waals surface area contributed by atoms with Crippen LogP contribution in [0.5, 0.6) is 0 Å². The van der Waals surface area contributed by atoms with E-state index in [4.69, 9.17) is 9.84 Å². The molecule has 0 saturated heterocycles. The minimum absolute atomic E-state index is 0.0200. The number of amides is 1. The van der Waals surface area contributed by atoms with E-state index < -0.39 is 24.0 Å². The lowest BCUT2D eigenvalue weighted by Gasteiger charge is -2.19. The Kier molecular flexibility index (Phi) is 6.42. The van der Waals surface area contributed by atoms with Gasteiger partial charge in [0.15, 0.2) is 11.9 Å². The normalized spacial score (nSPS) is 14.2. The van der Waals surface area contributed by atoms with E-state index in [0.717, 1.165) is 0 Å². The molecule has 0 aromatic heterocycles. The lowest BCUT2D eigenvalue weighted by atomic mass is 10.0. The molecule has 98 valence electrons. The van der Waals surface area contributed by atoms with Gasteiger partial charge >= 0.3 is 5.97 Å². The molecule has 0 aromatic rings. The summed E-state index contributed by atoms with van der Waals surface area (Å²) in [6, 6.07) is -0.564. The van der Waals surface area contributed by atoms with Crippen molar-refractivity contribution in [3.63, 3.8) is 0 Å². The van der Waals surface area contributed by atoms with Crippen LogP contribution in [-0.4, -0.2) is 41.5 Å². The molecule has 0 spiro atoms. The number of aliphatic carboxylic acids is 1. The van der Waals surface area contributed by atoms with Crippen LogP contribution in [0.25, 0.3) is 0 Å². The first-order valence-corrected chi connectivity index (χ1v) is 5.40. The zero-order valence-electron chi connectivity index (χ0n) is 10.5. The maximum Gasteiger partial charge on any atom is 0.332 e. The second-order valence-corrected chi connectivity index (χ2v) is 4.19. The minimum atomic E-state index is -1.13. The van der Waals surface area contributed by atoms with Gasteiger partial charge in [-0.25, -0.2) is 4.79 Å². The van der Waals surface area contributed by atoms with Crippen LogP contribution < -0.4 is 5.32 Å². The molecule has 1 unspecified atom stereocenters. The van der Waals surface area contributed by atoms with Crippen molar-refractivity contribution in [1.29, 1.82) is 0 Å². The number of nitrogens with one attached hydrogen (secondary N) is 1. The fourth-order valence-corrected chi connectivity index (χ4v) is 1.22. The van der Waals surface area contributed by atoms with E-state index in [1.165, 1.54) is 13.8 Å². The number of Topliss-reactive ketones (excluding diaryl/α,β-unsaturated/α-hetero) is 1. The first-order chi connectivity index (χ1) is 7.75. The average molecular weight is 245 g/mol. The molecule has 0 aliphatic carbocycles. The van der Waals surface area contributed by atoms with Gasteiger partial charge in [-0.1, -0.05) is 13.8 Å². The van der Waals surface area contributed by atoms with E-state index in [0.29, 0.717) is 0 Å². The summed E-state index contributed by atoms with van der Waals surface area (Å²) in [6.45, 7) is 5.98. The van der Waals surface area contributed by atoms with Crippen molar-refractivity contribution in [2.45, 2.75) is 39.8 Å². The summed E-state index contributed by atoms with van der Waals surface area (Å²) in [6.07, 6.45) is -1.05. The molecule has 17 heavy (non-hydrogen) atoms. The number of carbonyl (C=O) groups excluding carboxylic acids is 2. The molecule has 0 saturated carbocycles. The van der Waals surface area contributed by atoms with E-state index in [1.807, 2.05) is 13.8 Å². The molecule has 6 nitrogen and oxygen atoms in total. The van der Waals surface area contributed by atoms with Gasteiger partial charge < -0.3 is 15.2 Å². The highest BCUT2D eigenvalue weighted by Gasteiger charge is 2.21. The van der Waals surface area contributed by atoms with E-state index in [-0.39, 0.29) is 18.3 Å². The molecule has 0 fully saturated rings. The number of rotatable bonds is 7. The van der Waals surface area contributed by atoms with Crippen molar-refractivity contribution in [1.82, 2.24) is 5.32 Å². The third kappa shape index (κ3) is 6.01. The monoisotopic (exact) mass is 245 g/mol. The average Bonchev–Trinajstić information content (AvgIpc) is 2.21. The zero-order valence-corrected chi connectivity index (χ0v) is 10.5. The second kappa shape index (κ2) is 7.01. The van der Waals surface area contributed by atoms with Gasteiger partial charge in [0.2, 0.25) is 5.91 Å². The number of carbonyl (C=O) groups is 3. The first kappa shape index (κ1) is 15.6. The molecule has 0 aliphatic rings. The smallest absolute Gasteiger partial charge is 0.332 e. The van der Waals surface area contributed by atoms with Gasteiger partial charge in [-0.2, -0.15) is 0 Å². The van der Waals surface area contributed by atoms with Gasteiger partial charge in [-0.15, -0.1) is 0 Å². The summed E-state index contributed by atoms with van der Waals surface area (Å²) in [5, 5.41) is 11.0. The molecule has 0 aromatic carbocycles. The van der Waals surface area contributed by atoms with Crippen LogP contribution in [0, 0.1) is 5.92 Å². The van der Waals surface area contributed by atoms with Crippen LogP contribution in [-0.2, 0) is 19.1 Å². The Balaban J connectivity index is 4.16. The van der Waals surface area contributed by atoms with Crippen molar-refractivity contribution in [2.24, 2.45) is 5.92 Å². The maximum atomic E-state index is 11.4.